The molecule has 2 heterocycles. The summed E-state index contributed by atoms with van der Waals surface area (Å²) in [5.41, 5.74) is 8.49. The van der Waals surface area contributed by atoms with Crippen LogP contribution in [0.3, 0.4) is 0 Å². The summed E-state index contributed by atoms with van der Waals surface area (Å²) in [4.78, 5) is 2.40. The van der Waals surface area contributed by atoms with Gasteiger partial charge < -0.3 is 15.7 Å². The molecule has 1 aromatic carbocycles. The first kappa shape index (κ1) is 9.97. The molecule has 1 fully saturated rings. The number of hydrogen-bond donors (Lipinski definition) is 2. The molecule has 0 amide bonds. The maximum Gasteiger partial charge on any atom is 0.120 e. The molecule has 0 bridgehead atoms. The minimum Gasteiger partial charge on any atom is -0.508 e. The number of aromatic hydroxyl groups is 1. The lowest BCUT2D eigenvalue weighted by molar-refractivity contribution is 0.366. The molecule has 2 aliphatic heterocycles. The first-order chi connectivity index (χ1) is 7.77. The molecule has 3 nitrogen and oxygen atoms in total. The lowest BCUT2D eigenvalue weighted by atomic mass is 9.86. The summed E-state index contributed by atoms with van der Waals surface area (Å²) < 4.78 is 0. The van der Waals surface area contributed by atoms with Gasteiger partial charge in [0.1, 0.15) is 5.75 Å². The summed E-state index contributed by atoms with van der Waals surface area (Å²) in [5, 5.41) is 9.85. The van der Waals surface area contributed by atoms with Crippen LogP contribution in [0.1, 0.15) is 24.8 Å². The molecular weight excluding hydrogens is 200 g/mol. The largest absolute Gasteiger partial charge is 0.508 e. The fourth-order valence-electron chi connectivity index (χ4n) is 3.14. The van der Waals surface area contributed by atoms with Gasteiger partial charge in [-0.3, -0.25) is 0 Å². The lowest BCUT2D eigenvalue weighted by Crippen LogP contribution is -2.54. The molecule has 2 atom stereocenters. The Morgan fingerprint density at radius 2 is 2.19 bits per heavy atom. The van der Waals surface area contributed by atoms with Gasteiger partial charge in [0.25, 0.3) is 0 Å². The Labute approximate surface area is 95.9 Å². The van der Waals surface area contributed by atoms with Gasteiger partial charge in [0.15, 0.2) is 0 Å². The number of nitrogens with zero attached hydrogens (tertiary/aromatic N) is 1. The molecular formula is C13H18N2O. The zero-order valence-corrected chi connectivity index (χ0v) is 9.39. The number of benzene rings is 1. The van der Waals surface area contributed by atoms with Gasteiger partial charge in [0.2, 0.25) is 0 Å². The molecule has 2 aliphatic rings. The maximum atomic E-state index is 9.85. The molecule has 0 aliphatic carbocycles. The second-order valence-corrected chi connectivity index (χ2v) is 4.88. The van der Waals surface area contributed by atoms with Gasteiger partial charge in [-0.25, -0.2) is 0 Å². The predicted octanol–water partition coefficient (Wildman–Crippen LogP) is 1.63. The zero-order chi connectivity index (χ0) is 11.1. The van der Waals surface area contributed by atoms with Crippen molar-refractivity contribution < 1.29 is 5.11 Å². The molecule has 3 heteroatoms. The molecule has 0 saturated carbocycles. The van der Waals surface area contributed by atoms with E-state index in [4.69, 9.17) is 5.73 Å². The Morgan fingerprint density at radius 3 is 3.06 bits per heavy atom. The molecule has 3 rings (SSSR count). The van der Waals surface area contributed by atoms with Crippen LogP contribution < -0.4 is 10.6 Å². The van der Waals surface area contributed by atoms with E-state index in [-0.39, 0.29) is 0 Å². The number of phenolic OH excluding ortho intramolecular Hbond substituents is 1. The Morgan fingerprint density at radius 1 is 1.31 bits per heavy atom. The van der Waals surface area contributed by atoms with Crippen molar-refractivity contribution in [2.45, 2.75) is 37.8 Å². The Kier molecular flexibility index (Phi) is 2.28. The summed E-state index contributed by atoms with van der Waals surface area (Å²) in [5.74, 6) is 0.440. The summed E-state index contributed by atoms with van der Waals surface area (Å²) >= 11 is 0. The fourth-order valence-corrected chi connectivity index (χ4v) is 3.14. The minimum absolute atomic E-state index is 0.296. The van der Waals surface area contributed by atoms with Gasteiger partial charge in [-0.2, -0.15) is 0 Å². The van der Waals surface area contributed by atoms with Crippen molar-refractivity contribution in [2.75, 3.05) is 11.4 Å². The van der Waals surface area contributed by atoms with Crippen LogP contribution in [0.5, 0.6) is 5.75 Å². The van der Waals surface area contributed by atoms with Crippen LogP contribution in [0.2, 0.25) is 0 Å². The third-order valence-corrected chi connectivity index (χ3v) is 3.96. The maximum absolute atomic E-state index is 9.85. The number of fused-ring (bicyclic) bond motifs is 3. The highest BCUT2D eigenvalue weighted by atomic mass is 16.3. The number of piperidine rings is 1. The van der Waals surface area contributed by atoms with E-state index in [1.165, 1.54) is 5.69 Å². The molecule has 2 unspecified atom stereocenters. The van der Waals surface area contributed by atoms with Crippen LogP contribution in [-0.2, 0) is 6.42 Å². The first-order valence-electron chi connectivity index (χ1n) is 6.10. The van der Waals surface area contributed by atoms with E-state index in [1.54, 1.807) is 6.07 Å². The van der Waals surface area contributed by atoms with Gasteiger partial charge in [0.05, 0.1) is 0 Å². The second-order valence-electron chi connectivity index (χ2n) is 4.88. The van der Waals surface area contributed by atoms with E-state index in [0.717, 1.165) is 37.8 Å². The van der Waals surface area contributed by atoms with Crippen molar-refractivity contribution in [3.05, 3.63) is 23.8 Å². The van der Waals surface area contributed by atoms with Gasteiger partial charge in [-0.15, -0.1) is 0 Å². The molecule has 16 heavy (non-hydrogen) atoms. The standard InChI is InChI=1S/C13H18N2O/c14-10-3-2-8-15-11-4-1-5-13(16)9(11)6-7-12(10)15/h1,4-5,10,12,16H,2-3,6-8,14H2. The summed E-state index contributed by atoms with van der Waals surface area (Å²) in [6.07, 6.45) is 4.32. The minimum atomic E-state index is 0.296. The highest BCUT2D eigenvalue weighted by Crippen LogP contribution is 2.38. The molecule has 0 aromatic heterocycles. The topological polar surface area (TPSA) is 49.5 Å². The number of nitrogens with two attached hydrogens (primary N) is 1. The number of hydrogen-bond acceptors (Lipinski definition) is 3. The highest BCUT2D eigenvalue weighted by molar-refractivity contribution is 5.62. The monoisotopic (exact) mass is 218 g/mol. The highest BCUT2D eigenvalue weighted by Gasteiger charge is 2.33. The van der Waals surface area contributed by atoms with E-state index < -0.39 is 0 Å². The third kappa shape index (κ3) is 1.39. The van der Waals surface area contributed by atoms with Gasteiger partial charge in [-0.05, 0) is 37.8 Å². The van der Waals surface area contributed by atoms with E-state index in [0.29, 0.717) is 17.8 Å². The van der Waals surface area contributed by atoms with Crippen LogP contribution in [0.4, 0.5) is 5.69 Å². The van der Waals surface area contributed by atoms with Gasteiger partial charge in [-0.1, -0.05) is 6.07 Å². The number of anilines is 1. The molecule has 1 saturated heterocycles. The SMILES string of the molecule is NC1CCCN2c3cccc(O)c3CCC12. The van der Waals surface area contributed by atoms with Gasteiger partial charge in [0, 0.05) is 29.9 Å². The predicted molar refractivity (Wildman–Crippen MR) is 64.8 cm³/mol. The smallest absolute Gasteiger partial charge is 0.120 e. The number of phenols is 1. The van der Waals surface area contributed by atoms with Crippen LogP contribution in [-0.4, -0.2) is 23.7 Å². The average molecular weight is 218 g/mol. The van der Waals surface area contributed by atoms with Crippen LogP contribution in [0, 0.1) is 0 Å². The normalized spacial score (nSPS) is 28.4. The van der Waals surface area contributed by atoms with Crippen molar-refractivity contribution in [1.29, 1.82) is 0 Å². The fraction of sp³-hybridized carbons (Fsp3) is 0.538. The van der Waals surface area contributed by atoms with Crippen molar-refractivity contribution in [3.63, 3.8) is 0 Å². The van der Waals surface area contributed by atoms with Gasteiger partial charge >= 0.3 is 0 Å². The first-order valence-corrected chi connectivity index (χ1v) is 6.10. The van der Waals surface area contributed by atoms with Crippen molar-refractivity contribution in [1.82, 2.24) is 0 Å². The number of rotatable bonds is 0. The van der Waals surface area contributed by atoms with E-state index in [2.05, 4.69) is 11.0 Å². The van der Waals surface area contributed by atoms with E-state index >= 15 is 0 Å². The summed E-state index contributed by atoms with van der Waals surface area (Å²) in [6.45, 7) is 1.08. The Balaban J connectivity index is 2.02. The van der Waals surface area contributed by atoms with Crippen molar-refractivity contribution >= 4 is 5.69 Å². The van der Waals surface area contributed by atoms with E-state index in [1.807, 2.05) is 6.07 Å². The van der Waals surface area contributed by atoms with Crippen LogP contribution in [0.15, 0.2) is 18.2 Å². The van der Waals surface area contributed by atoms with Crippen molar-refractivity contribution in [3.8, 4) is 5.75 Å². The third-order valence-electron chi connectivity index (χ3n) is 3.96. The van der Waals surface area contributed by atoms with Crippen LogP contribution >= 0.6 is 0 Å². The molecule has 3 N–H and O–H groups in total. The Hall–Kier alpha value is -1.22. The van der Waals surface area contributed by atoms with Crippen molar-refractivity contribution in [2.24, 2.45) is 5.73 Å². The second kappa shape index (κ2) is 3.67. The van der Waals surface area contributed by atoms with Crippen LogP contribution in [0.25, 0.3) is 0 Å². The molecule has 86 valence electrons. The average Bonchev–Trinajstić information content (AvgIpc) is 2.30. The zero-order valence-electron chi connectivity index (χ0n) is 9.39. The molecule has 0 radical (unpaired) electrons. The summed E-state index contributed by atoms with van der Waals surface area (Å²) in [7, 11) is 0. The quantitative estimate of drug-likeness (QED) is 0.696. The Bertz CT molecular complexity index is 405. The van der Waals surface area contributed by atoms with E-state index in [9.17, 15) is 5.11 Å². The lowest BCUT2D eigenvalue weighted by Gasteiger charge is -2.45. The molecule has 0 spiro atoms. The summed E-state index contributed by atoms with van der Waals surface area (Å²) in [6, 6.07) is 6.59. The molecule has 1 aromatic rings.